The minimum atomic E-state index is -0.828. The molecule has 1 aliphatic heterocycles. The van der Waals surface area contributed by atoms with Gasteiger partial charge in [0, 0.05) is 29.7 Å². The molecular weight excluding hydrogens is 305 g/mol. The number of likely N-dealkylation sites (tertiary alicyclic amines) is 1. The second-order valence-corrected chi connectivity index (χ2v) is 6.64. The summed E-state index contributed by atoms with van der Waals surface area (Å²) < 4.78 is 12.8. The molecule has 1 fully saturated rings. The zero-order valence-electron chi connectivity index (χ0n) is 12.5. The fraction of sp³-hybridized carbons (Fsp3) is 0.500. The Labute approximate surface area is 133 Å². The van der Waals surface area contributed by atoms with Crippen LogP contribution < -0.4 is 0 Å². The van der Waals surface area contributed by atoms with Crippen molar-refractivity contribution in [2.45, 2.75) is 37.1 Å². The van der Waals surface area contributed by atoms with E-state index >= 15 is 0 Å². The average Bonchev–Trinajstić information content (AvgIpc) is 2.49. The summed E-state index contributed by atoms with van der Waals surface area (Å²) in [4.78, 5) is 26.1. The number of benzene rings is 1. The maximum Gasteiger partial charge on any atom is 0.308 e. The van der Waals surface area contributed by atoms with Gasteiger partial charge in [0.25, 0.3) is 0 Å². The minimum Gasteiger partial charge on any atom is -0.481 e. The molecule has 6 heteroatoms. The molecule has 0 aromatic heterocycles. The van der Waals surface area contributed by atoms with Gasteiger partial charge in [-0.25, -0.2) is 4.39 Å². The zero-order valence-corrected chi connectivity index (χ0v) is 13.3. The highest BCUT2D eigenvalue weighted by molar-refractivity contribution is 7.99. The van der Waals surface area contributed by atoms with Gasteiger partial charge in [0.2, 0.25) is 5.91 Å². The predicted molar refractivity (Wildman–Crippen MR) is 83.3 cm³/mol. The summed E-state index contributed by atoms with van der Waals surface area (Å²) >= 11 is 1.50. The van der Waals surface area contributed by atoms with E-state index in [0.717, 1.165) is 11.3 Å². The Morgan fingerprint density at radius 2 is 2.05 bits per heavy atom. The summed E-state index contributed by atoms with van der Waals surface area (Å²) in [6.07, 6.45) is 1.72. The molecule has 2 atom stereocenters. The summed E-state index contributed by atoms with van der Waals surface area (Å²) in [5.74, 6) is -0.978. The number of carbonyl (C=O) groups excluding carboxylic acids is 1. The second-order valence-electron chi connectivity index (χ2n) is 5.47. The van der Waals surface area contributed by atoms with Crippen molar-refractivity contribution >= 4 is 23.6 Å². The zero-order chi connectivity index (χ0) is 16.1. The molecule has 1 aromatic rings. The molecule has 0 bridgehead atoms. The van der Waals surface area contributed by atoms with Crippen LogP contribution in [0, 0.1) is 11.7 Å². The van der Waals surface area contributed by atoms with E-state index in [0.29, 0.717) is 25.1 Å². The monoisotopic (exact) mass is 325 g/mol. The number of piperidine rings is 1. The number of amides is 1. The first kappa shape index (κ1) is 16.8. The Balaban J connectivity index is 1.83. The van der Waals surface area contributed by atoms with Gasteiger partial charge in [-0.05, 0) is 44.0 Å². The third kappa shape index (κ3) is 4.22. The van der Waals surface area contributed by atoms with Crippen molar-refractivity contribution in [2.24, 2.45) is 5.92 Å². The van der Waals surface area contributed by atoms with Crippen molar-refractivity contribution in [3.05, 3.63) is 30.1 Å². The predicted octanol–water partition coefficient (Wildman–Crippen LogP) is 3.02. The van der Waals surface area contributed by atoms with Crippen molar-refractivity contribution in [3.8, 4) is 0 Å². The van der Waals surface area contributed by atoms with Crippen LogP contribution in [0.1, 0.15) is 26.2 Å². The molecule has 1 N–H and O–H groups in total. The smallest absolute Gasteiger partial charge is 0.308 e. The van der Waals surface area contributed by atoms with E-state index in [2.05, 4.69) is 0 Å². The van der Waals surface area contributed by atoms with Gasteiger partial charge in [-0.3, -0.25) is 9.59 Å². The van der Waals surface area contributed by atoms with E-state index in [1.165, 1.54) is 23.9 Å². The van der Waals surface area contributed by atoms with Crippen molar-refractivity contribution in [3.63, 3.8) is 0 Å². The molecule has 22 heavy (non-hydrogen) atoms. The normalized spacial score (nSPS) is 21.6. The number of carboxylic acids is 1. The molecule has 0 spiro atoms. The van der Waals surface area contributed by atoms with Gasteiger partial charge in [-0.1, -0.05) is 0 Å². The van der Waals surface area contributed by atoms with E-state index in [1.807, 2.05) is 6.92 Å². The lowest BCUT2D eigenvalue weighted by Gasteiger charge is -2.37. The van der Waals surface area contributed by atoms with Gasteiger partial charge >= 0.3 is 5.97 Å². The fourth-order valence-electron chi connectivity index (χ4n) is 2.76. The number of halogens is 1. The molecule has 120 valence electrons. The molecule has 4 nitrogen and oxygen atoms in total. The number of aliphatic carboxylic acids is 1. The maximum atomic E-state index is 12.8. The number of rotatable bonds is 5. The summed E-state index contributed by atoms with van der Waals surface area (Å²) in [6, 6.07) is 5.92. The first-order chi connectivity index (χ1) is 10.5. The van der Waals surface area contributed by atoms with Crippen molar-refractivity contribution in [1.82, 2.24) is 4.90 Å². The molecule has 1 amide bonds. The van der Waals surface area contributed by atoms with Gasteiger partial charge in [0.1, 0.15) is 5.82 Å². The molecule has 0 saturated carbocycles. The largest absolute Gasteiger partial charge is 0.481 e. The topological polar surface area (TPSA) is 57.6 Å². The van der Waals surface area contributed by atoms with E-state index in [-0.39, 0.29) is 17.8 Å². The number of carboxylic acid groups (broad SMARTS) is 1. The Kier molecular flexibility index (Phi) is 5.83. The molecule has 0 radical (unpaired) electrons. The summed E-state index contributed by atoms with van der Waals surface area (Å²) in [7, 11) is 0. The van der Waals surface area contributed by atoms with E-state index in [4.69, 9.17) is 0 Å². The van der Waals surface area contributed by atoms with Gasteiger partial charge in [0.05, 0.1) is 5.92 Å². The first-order valence-electron chi connectivity index (χ1n) is 7.39. The van der Waals surface area contributed by atoms with Crippen LogP contribution in [0.15, 0.2) is 29.2 Å². The van der Waals surface area contributed by atoms with Crippen LogP contribution in [0.2, 0.25) is 0 Å². The van der Waals surface area contributed by atoms with Crippen LogP contribution in [0.4, 0.5) is 4.39 Å². The lowest BCUT2D eigenvalue weighted by Crippen LogP contribution is -2.49. The Bertz CT molecular complexity index is 535. The molecule has 2 rings (SSSR count). The average molecular weight is 325 g/mol. The fourth-order valence-corrected chi connectivity index (χ4v) is 3.60. The van der Waals surface area contributed by atoms with Crippen LogP contribution in [0.3, 0.4) is 0 Å². The van der Waals surface area contributed by atoms with Crippen molar-refractivity contribution < 1.29 is 19.1 Å². The molecule has 1 heterocycles. The van der Waals surface area contributed by atoms with Crippen molar-refractivity contribution in [2.75, 3.05) is 12.3 Å². The second kappa shape index (κ2) is 7.63. The van der Waals surface area contributed by atoms with Crippen LogP contribution in [0.25, 0.3) is 0 Å². The first-order valence-corrected chi connectivity index (χ1v) is 8.38. The van der Waals surface area contributed by atoms with Crippen molar-refractivity contribution in [1.29, 1.82) is 0 Å². The Morgan fingerprint density at radius 3 is 2.68 bits per heavy atom. The van der Waals surface area contributed by atoms with Crippen LogP contribution in [-0.2, 0) is 9.59 Å². The van der Waals surface area contributed by atoms with Gasteiger partial charge in [-0.2, -0.15) is 0 Å². The Hall–Kier alpha value is -1.56. The maximum absolute atomic E-state index is 12.8. The number of thioether (sulfide) groups is 1. The molecular formula is C16H20FNO3S. The molecule has 1 aliphatic rings. The molecule has 0 aliphatic carbocycles. The quantitative estimate of drug-likeness (QED) is 0.846. The van der Waals surface area contributed by atoms with Gasteiger partial charge in [0.15, 0.2) is 0 Å². The summed E-state index contributed by atoms with van der Waals surface area (Å²) in [6.45, 7) is 2.44. The number of hydrogen-bond donors (Lipinski definition) is 1. The SMILES string of the molecule is C[C@@H]1[C@H](C(=O)O)CCCN1C(=O)CCSc1ccc(F)cc1. The standard InChI is InChI=1S/C16H20FNO3S/c1-11-14(16(20)21)3-2-9-18(11)15(19)8-10-22-13-6-4-12(17)5-7-13/h4-7,11,14H,2-3,8-10H2,1H3,(H,20,21)/t11-,14-/m1/s1. The third-order valence-electron chi connectivity index (χ3n) is 4.02. The van der Waals surface area contributed by atoms with E-state index < -0.39 is 11.9 Å². The lowest BCUT2D eigenvalue weighted by molar-refractivity contribution is -0.148. The van der Waals surface area contributed by atoms with Crippen LogP contribution in [-0.4, -0.2) is 40.2 Å². The number of hydrogen-bond acceptors (Lipinski definition) is 3. The Morgan fingerprint density at radius 1 is 1.36 bits per heavy atom. The highest BCUT2D eigenvalue weighted by Gasteiger charge is 2.34. The van der Waals surface area contributed by atoms with Crippen LogP contribution >= 0.6 is 11.8 Å². The third-order valence-corrected chi connectivity index (χ3v) is 5.04. The van der Waals surface area contributed by atoms with Crippen LogP contribution in [0.5, 0.6) is 0 Å². The number of carbonyl (C=O) groups is 2. The van der Waals surface area contributed by atoms with E-state index in [1.54, 1.807) is 17.0 Å². The van der Waals surface area contributed by atoms with E-state index in [9.17, 15) is 19.1 Å². The lowest BCUT2D eigenvalue weighted by atomic mass is 9.90. The summed E-state index contributed by atoms with van der Waals surface area (Å²) in [5.41, 5.74) is 0. The van der Waals surface area contributed by atoms with Gasteiger partial charge in [-0.15, -0.1) is 11.8 Å². The minimum absolute atomic E-state index is 0.00642. The molecule has 1 aromatic carbocycles. The highest BCUT2D eigenvalue weighted by Crippen LogP contribution is 2.25. The molecule has 1 saturated heterocycles. The number of nitrogens with zero attached hydrogens (tertiary/aromatic N) is 1. The van der Waals surface area contributed by atoms with Gasteiger partial charge < -0.3 is 10.0 Å². The molecule has 0 unspecified atom stereocenters. The highest BCUT2D eigenvalue weighted by atomic mass is 32.2. The summed E-state index contributed by atoms with van der Waals surface area (Å²) in [5, 5.41) is 9.18.